The molecule has 15 heavy (non-hydrogen) atoms. The Labute approximate surface area is 89.5 Å². The number of benzene rings is 1. The molecule has 3 nitrogen and oxygen atoms in total. The van der Waals surface area contributed by atoms with Gasteiger partial charge >= 0.3 is 0 Å². The van der Waals surface area contributed by atoms with Crippen LogP contribution in [0.2, 0.25) is 0 Å². The van der Waals surface area contributed by atoms with Crippen molar-refractivity contribution in [3.05, 3.63) is 24.3 Å². The Morgan fingerprint density at radius 3 is 2.73 bits per heavy atom. The van der Waals surface area contributed by atoms with E-state index < -0.39 is 0 Å². The van der Waals surface area contributed by atoms with Crippen molar-refractivity contribution in [2.45, 2.75) is 32.7 Å². The average Bonchev–Trinajstić information content (AvgIpc) is 2.58. The van der Waals surface area contributed by atoms with Crippen LogP contribution in [0.25, 0.3) is 11.1 Å². The predicted molar refractivity (Wildman–Crippen MR) is 62.0 cm³/mol. The molecule has 0 unspecified atom stereocenters. The van der Waals surface area contributed by atoms with E-state index in [-0.39, 0.29) is 5.54 Å². The van der Waals surface area contributed by atoms with Gasteiger partial charge < -0.3 is 9.73 Å². The molecular formula is C12H16N2O. The summed E-state index contributed by atoms with van der Waals surface area (Å²) in [4.78, 5) is 4.37. The zero-order chi connectivity index (χ0) is 10.9. The molecule has 2 rings (SSSR count). The van der Waals surface area contributed by atoms with E-state index in [1.807, 2.05) is 24.3 Å². The van der Waals surface area contributed by atoms with Crippen LogP contribution in [0.1, 0.15) is 27.2 Å². The van der Waals surface area contributed by atoms with E-state index in [0.717, 1.165) is 17.5 Å². The first-order valence-electron chi connectivity index (χ1n) is 5.24. The minimum Gasteiger partial charge on any atom is -0.424 e. The van der Waals surface area contributed by atoms with Gasteiger partial charge in [-0.05, 0) is 32.4 Å². The molecular weight excluding hydrogens is 188 g/mol. The average molecular weight is 204 g/mol. The molecule has 1 aromatic heterocycles. The smallest absolute Gasteiger partial charge is 0.296 e. The Kier molecular flexibility index (Phi) is 2.39. The fourth-order valence-corrected chi connectivity index (χ4v) is 1.30. The van der Waals surface area contributed by atoms with Gasteiger partial charge in [0, 0.05) is 5.54 Å². The number of nitrogens with zero attached hydrogens (tertiary/aromatic N) is 1. The van der Waals surface area contributed by atoms with Gasteiger partial charge in [-0.1, -0.05) is 19.1 Å². The van der Waals surface area contributed by atoms with E-state index in [1.54, 1.807) is 0 Å². The summed E-state index contributed by atoms with van der Waals surface area (Å²) in [6.07, 6.45) is 1.02. The number of anilines is 1. The lowest BCUT2D eigenvalue weighted by Crippen LogP contribution is -2.29. The number of rotatable bonds is 3. The van der Waals surface area contributed by atoms with Crippen LogP contribution in [0.15, 0.2) is 28.7 Å². The maximum Gasteiger partial charge on any atom is 0.296 e. The Morgan fingerprint density at radius 1 is 1.33 bits per heavy atom. The number of hydrogen-bond acceptors (Lipinski definition) is 3. The minimum absolute atomic E-state index is 0.0148. The van der Waals surface area contributed by atoms with E-state index in [2.05, 4.69) is 31.1 Å². The molecule has 2 aromatic rings. The van der Waals surface area contributed by atoms with Crippen molar-refractivity contribution in [1.29, 1.82) is 0 Å². The van der Waals surface area contributed by atoms with Gasteiger partial charge in [0.05, 0.1) is 0 Å². The van der Waals surface area contributed by atoms with Crippen LogP contribution in [-0.2, 0) is 0 Å². The third-order valence-electron chi connectivity index (χ3n) is 2.62. The lowest BCUT2D eigenvalue weighted by Gasteiger charge is -2.22. The lowest BCUT2D eigenvalue weighted by atomic mass is 10.0. The van der Waals surface area contributed by atoms with Crippen LogP contribution in [-0.4, -0.2) is 10.5 Å². The van der Waals surface area contributed by atoms with Crippen molar-refractivity contribution in [2.75, 3.05) is 5.32 Å². The highest BCUT2D eigenvalue weighted by molar-refractivity contribution is 5.74. The molecule has 0 bridgehead atoms. The van der Waals surface area contributed by atoms with E-state index >= 15 is 0 Å². The van der Waals surface area contributed by atoms with Crippen molar-refractivity contribution < 1.29 is 4.42 Å². The van der Waals surface area contributed by atoms with E-state index in [4.69, 9.17) is 4.42 Å². The molecule has 3 heteroatoms. The monoisotopic (exact) mass is 204 g/mol. The number of nitrogens with one attached hydrogen (secondary N) is 1. The number of hydrogen-bond donors (Lipinski definition) is 1. The maximum absolute atomic E-state index is 5.58. The molecule has 0 aliphatic rings. The molecule has 0 saturated carbocycles. The number of para-hydroxylation sites is 2. The summed E-state index contributed by atoms with van der Waals surface area (Å²) >= 11 is 0. The SMILES string of the molecule is CCC(C)(C)Nc1nc2ccccc2o1. The normalized spacial score (nSPS) is 11.9. The van der Waals surface area contributed by atoms with Crippen molar-refractivity contribution in [1.82, 2.24) is 4.98 Å². The summed E-state index contributed by atoms with van der Waals surface area (Å²) in [6, 6.07) is 8.38. The second-order valence-electron chi connectivity index (χ2n) is 4.35. The third kappa shape index (κ3) is 2.12. The zero-order valence-electron chi connectivity index (χ0n) is 9.37. The summed E-state index contributed by atoms with van der Waals surface area (Å²) in [5.41, 5.74) is 1.74. The van der Waals surface area contributed by atoms with Gasteiger partial charge in [0.2, 0.25) is 0 Å². The van der Waals surface area contributed by atoms with Crippen LogP contribution in [0, 0.1) is 0 Å². The molecule has 1 aromatic carbocycles. The Bertz CT molecular complexity index is 426. The predicted octanol–water partition coefficient (Wildman–Crippen LogP) is 3.43. The summed E-state index contributed by atoms with van der Waals surface area (Å²) in [7, 11) is 0. The zero-order valence-corrected chi connectivity index (χ0v) is 9.37. The van der Waals surface area contributed by atoms with Crippen molar-refractivity contribution >= 4 is 17.1 Å². The van der Waals surface area contributed by atoms with Crippen LogP contribution in [0.4, 0.5) is 6.01 Å². The number of fused-ring (bicyclic) bond motifs is 1. The van der Waals surface area contributed by atoms with E-state index in [0.29, 0.717) is 6.01 Å². The second kappa shape index (κ2) is 3.57. The standard InChI is InChI=1S/C12H16N2O/c1-4-12(2,3)14-11-13-9-7-5-6-8-10(9)15-11/h5-8H,4H2,1-3H3,(H,13,14). The number of oxazole rings is 1. The van der Waals surface area contributed by atoms with Crippen LogP contribution < -0.4 is 5.32 Å². The Morgan fingerprint density at radius 2 is 2.07 bits per heavy atom. The summed E-state index contributed by atoms with van der Waals surface area (Å²) < 4.78 is 5.58. The molecule has 1 N–H and O–H groups in total. The van der Waals surface area contributed by atoms with Gasteiger partial charge in [-0.25, -0.2) is 0 Å². The minimum atomic E-state index is 0.0148. The van der Waals surface area contributed by atoms with Crippen molar-refractivity contribution in [3.8, 4) is 0 Å². The Hall–Kier alpha value is -1.51. The van der Waals surface area contributed by atoms with E-state index in [1.165, 1.54) is 0 Å². The third-order valence-corrected chi connectivity index (χ3v) is 2.62. The summed E-state index contributed by atoms with van der Waals surface area (Å²) in [5, 5.41) is 3.28. The van der Waals surface area contributed by atoms with Crippen LogP contribution >= 0.6 is 0 Å². The molecule has 0 saturated heterocycles. The molecule has 0 amide bonds. The van der Waals surface area contributed by atoms with Gasteiger partial charge in [-0.2, -0.15) is 4.98 Å². The quantitative estimate of drug-likeness (QED) is 0.832. The number of aromatic nitrogens is 1. The molecule has 0 fully saturated rings. The molecule has 0 radical (unpaired) electrons. The maximum atomic E-state index is 5.58. The first kappa shape index (κ1) is 10.0. The highest BCUT2D eigenvalue weighted by Gasteiger charge is 2.17. The topological polar surface area (TPSA) is 38.1 Å². The van der Waals surface area contributed by atoms with Crippen LogP contribution in [0.3, 0.4) is 0 Å². The fourth-order valence-electron chi connectivity index (χ4n) is 1.30. The fraction of sp³-hybridized carbons (Fsp3) is 0.417. The first-order chi connectivity index (χ1) is 7.11. The second-order valence-corrected chi connectivity index (χ2v) is 4.35. The Balaban J connectivity index is 2.30. The molecule has 80 valence electrons. The largest absolute Gasteiger partial charge is 0.424 e. The van der Waals surface area contributed by atoms with Crippen molar-refractivity contribution in [2.24, 2.45) is 0 Å². The molecule has 1 heterocycles. The molecule has 0 aliphatic carbocycles. The summed E-state index contributed by atoms with van der Waals surface area (Å²) in [6.45, 7) is 6.39. The summed E-state index contributed by atoms with van der Waals surface area (Å²) in [5.74, 6) is 0. The first-order valence-corrected chi connectivity index (χ1v) is 5.24. The van der Waals surface area contributed by atoms with Crippen LogP contribution in [0.5, 0.6) is 0 Å². The lowest BCUT2D eigenvalue weighted by molar-refractivity contribution is 0.508. The highest BCUT2D eigenvalue weighted by atomic mass is 16.4. The molecule has 0 spiro atoms. The van der Waals surface area contributed by atoms with Gasteiger partial charge in [-0.15, -0.1) is 0 Å². The molecule has 0 aliphatic heterocycles. The molecule has 0 atom stereocenters. The highest BCUT2D eigenvalue weighted by Crippen LogP contribution is 2.22. The van der Waals surface area contributed by atoms with Gasteiger partial charge in [-0.3, -0.25) is 0 Å². The van der Waals surface area contributed by atoms with E-state index in [9.17, 15) is 0 Å². The van der Waals surface area contributed by atoms with Gasteiger partial charge in [0.15, 0.2) is 5.58 Å². The van der Waals surface area contributed by atoms with Crippen molar-refractivity contribution in [3.63, 3.8) is 0 Å². The van der Waals surface area contributed by atoms with Gasteiger partial charge in [0.1, 0.15) is 5.52 Å². The van der Waals surface area contributed by atoms with Gasteiger partial charge in [0.25, 0.3) is 6.01 Å².